The third-order valence-corrected chi connectivity index (χ3v) is 6.97. The Morgan fingerprint density at radius 3 is 1.97 bits per heavy atom. The molecule has 0 heterocycles. The smallest absolute Gasteiger partial charge is 0.270 e. The van der Waals surface area contributed by atoms with Crippen LogP contribution in [0, 0.1) is 6.92 Å². The number of carbonyl (C=O) groups is 1. The van der Waals surface area contributed by atoms with Gasteiger partial charge in [-0.3, -0.25) is 4.79 Å². The van der Waals surface area contributed by atoms with Crippen LogP contribution >= 0.6 is 11.8 Å². The molecule has 0 fully saturated rings. The van der Waals surface area contributed by atoms with Gasteiger partial charge in [0.1, 0.15) is 0 Å². The minimum absolute atomic E-state index is 0.0756. The van der Waals surface area contributed by atoms with E-state index in [0.717, 1.165) is 20.3 Å². The number of benzene rings is 3. The molecule has 3 rings (SSSR count). The van der Waals surface area contributed by atoms with E-state index in [4.69, 9.17) is 0 Å². The number of hydrogen-bond acceptors (Lipinski definition) is 4. The second-order valence-electron chi connectivity index (χ2n) is 6.41. The molecule has 148 valence electrons. The summed E-state index contributed by atoms with van der Waals surface area (Å²) in [5, 5.41) is 0. The number of carbonyl (C=O) groups excluding carboxylic acids is 1. The van der Waals surface area contributed by atoms with Crippen LogP contribution in [0.4, 0.5) is 0 Å². The summed E-state index contributed by atoms with van der Waals surface area (Å²) in [5.74, 6) is -0.576. The second-order valence-corrected chi connectivity index (χ2v) is 9.34. The molecule has 0 aliphatic carbocycles. The molecular weight excluding hydrogens is 402 g/mol. The first-order valence-electron chi connectivity index (χ1n) is 9.00. The summed E-state index contributed by atoms with van der Waals surface area (Å²) in [7, 11) is -4.02. The van der Waals surface area contributed by atoms with Crippen LogP contribution in [0.15, 0.2) is 101 Å². The Balaban J connectivity index is 2.09. The number of nitrogens with zero attached hydrogens (tertiary/aromatic N) is 1. The third kappa shape index (κ3) is 5.16. The van der Waals surface area contributed by atoms with Crippen LogP contribution in [0.1, 0.15) is 18.1 Å². The fourth-order valence-electron chi connectivity index (χ4n) is 2.64. The fourth-order valence-corrected chi connectivity index (χ4v) is 4.95. The molecule has 29 heavy (non-hydrogen) atoms. The van der Waals surface area contributed by atoms with Crippen molar-refractivity contribution in [2.24, 2.45) is 0 Å². The molecule has 0 N–H and O–H groups in total. The molecule has 0 bridgehead atoms. The topological polar surface area (TPSA) is 54.5 Å². The van der Waals surface area contributed by atoms with Crippen LogP contribution in [0.25, 0.3) is 4.91 Å². The maximum atomic E-state index is 13.2. The third-order valence-electron chi connectivity index (χ3n) is 4.15. The highest BCUT2D eigenvalue weighted by atomic mass is 32.2. The Hall–Kier alpha value is -2.83. The lowest BCUT2D eigenvalue weighted by atomic mass is 10.2. The monoisotopic (exact) mass is 423 g/mol. The normalized spacial score (nSPS) is 11.9. The first kappa shape index (κ1) is 20.9. The van der Waals surface area contributed by atoms with Gasteiger partial charge in [-0.2, -0.15) is 0 Å². The molecule has 0 saturated carbocycles. The van der Waals surface area contributed by atoms with Crippen molar-refractivity contribution in [3.8, 4) is 0 Å². The van der Waals surface area contributed by atoms with E-state index >= 15 is 0 Å². The van der Waals surface area contributed by atoms with Gasteiger partial charge in [0.25, 0.3) is 10.0 Å². The highest BCUT2D eigenvalue weighted by Gasteiger charge is 2.26. The van der Waals surface area contributed by atoms with Gasteiger partial charge in [-0.05, 0) is 36.8 Å². The average molecular weight is 424 g/mol. The van der Waals surface area contributed by atoms with Crippen LogP contribution in [-0.4, -0.2) is 18.6 Å². The number of aryl methyl sites for hydroxylation is 1. The molecule has 0 unspecified atom stereocenters. The van der Waals surface area contributed by atoms with Crippen molar-refractivity contribution in [1.82, 2.24) is 4.31 Å². The van der Waals surface area contributed by atoms with E-state index in [1.807, 2.05) is 67.6 Å². The Morgan fingerprint density at radius 2 is 1.41 bits per heavy atom. The van der Waals surface area contributed by atoms with Gasteiger partial charge in [0.05, 0.1) is 4.90 Å². The van der Waals surface area contributed by atoms with Gasteiger partial charge in [-0.1, -0.05) is 78.0 Å². The molecule has 3 aromatic carbocycles. The largest absolute Gasteiger partial charge is 0.274 e. The molecule has 6 heteroatoms. The van der Waals surface area contributed by atoms with Crippen molar-refractivity contribution in [1.29, 1.82) is 0 Å². The first-order chi connectivity index (χ1) is 13.9. The van der Waals surface area contributed by atoms with Gasteiger partial charge in [-0.25, -0.2) is 12.7 Å². The van der Waals surface area contributed by atoms with Gasteiger partial charge in [0.2, 0.25) is 5.91 Å². The molecule has 1 amide bonds. The number of sulfonamides is 1. The van der Waals surface area contributed by atoms with E-state index in [1.165, 1.54) is 37.0 Å². The average Bonchev–Trinajstić information content (AvgIpc) is 2.72. The molecule has 0 aromatic heterocycles. The van der Waals surface area contributed by atoms with Gasteiger partial charge >= 0.3 is 0 Å². The van der Waals surface area contributed by atoms with Crippen LogP contribution in [-0.2, 0) is 14.8 Å². The van der Waals surface area contributed by atoms with E-state index < -0.39 is 15.9 Å². The number of amides is 1. The van der Waals surface area contributed by atoms with E-state index in [0.29, 0.717) is 4.91 Å². The zero-order valence-corrected chi connectivity index (χ0v) is 17.8. The minimum atomic E-state index is -4.02. The van der Waals surface area contributed by atoms with E-state index in [-0.39, 0.29) is 4.90 Å². The Morgan fingerprint density at radius 1 is 0.862 bits per heavy atom. The summed E-state index contributed by atoms with van der Waals surface area (Å²) in [4.78, 5) is 14.0. The van der Waals surface area contributed by atoms with Crippen LogP contribution in [0.2, 0.25) is 0 Å². The lowest BCUT2D eigenvalue weighted by molar-refractivity contribution is -0.122. The number of rotatable bonds is 6. The Bertz CT molecular complexity index is 1110. The van der Waals surface area contributed by atoms with Crippen molar-refractivity contribution >= 4 is 32.6 Å². The summed E-state index contributed by atoms with van der Waals surface area (Å²) < 4.78 is 27.1. The molecule has 0 atom stereocenters. The molecule has 4 nitrogen and oxygen atoms in total. The van der Waals surface area contributed by atoms with Crippen molar-refractivity contribution in [2.45, 2.75) is 23.6 Å². The number of hydrogen-bond donors (Lipinski definition) is 0. The standard InChI is InChI=1S/C23H21NO3S2/c1-18-13-15-22(16-14-18)29(26,27)24(19(2)25)17-23(20-9-5-3-6-10-20)28-21-11-7-4-8-12-21/h3-17H,1-2H3/b23-17-. The lowest BCUT2D eigenvalue weighted by Crippen LogP contribution is -2.30. The predicted molar refractivity (Wildman–Crippen MR) is 118 cm³/mol. The van der Waals surface area contributed by atoms with Crippen molar-refractivity contribution in [3.63, 3.8) is 0 Å². The maximum Gasteiger partial charge on any atom is 0.270 e. The summed E-state index contributed by atoms with van der Waals surface area (Å²) in [6, 6.07) is 25.5. The van der Waals surface area contributed by atoms with E-state index in [1.54, 1.807) is 12.1 Å². The zero-order valence-electron chi connectivity index (χ0n) is 16.1. The van der Waals surface area contributed by atoms with Gasteiger partial charge in [0, 0.05) is 22.9 Å². The first-order valence-corrected chi connectivity index (χ1v) is 11.3. The van der Waals surface area contributed by atoms with Gasteiger partial charge in [0.15, 0.2) is 0 Å². The lowest BCUT2D eigenvalue weighted by Gasteiger charge is -2.19. The minimum Gasteiger partial charge on any atom is -0.274 e. The quantitative estimate of drug-likeness (QED) is 0.503. The van der Waals surface area contributed by atoms with Gasteiger partial charge < -0.3 is 0 Å². The highest BCUT2D eigenvalue weighted by molar-refractivity contribution is 8.08. The fraction of sp³-hybridized carbons (Fsp3) is 0.0870. The molecular formula is C23H21NO3S2. The Labute approximate surface area is 175 Å². The summed E-state index contributed by atoms with van der Waals surface area (Å²) in [6.07, 6.45) is 1.41. The molecule has 3 aromatic rings. The van der Waals surface area contributed by atoms with Crippen LogP contribution < -0.4 is 0 Å². The summed E-state index contributed by atoms with van der Waals surface area (Å²) >= 11 is 1.40. The van der Waals surface area contributed by atoms with Gasteiger partial charge in [-0.15, -0.1) is 0 Å². The molecule has 0 radical (unpaired) electrons. The van der Waals surface area contributed by atoms with Crippen LogP contribution in [0.3, 0.4) is 0 Å². The molecule has 0 saturated heterocycles. The van der Waals surface area contributed by atoms with E-state index in [2.05, 4.69) is 0 Å². The van der Waals surface area contributed by atoms with Crippen LogP contribution in [0.5, 0.6) is 0 Å². The van der Waals surface area contributed by atoms with Crippen molar-refractivity contribution in [2.75, 3.05) is 0 Å². The molecule has 0 aliphatic heterocycles. The molecule has 0 spiro atoms. The predicted octanol–water partition coefficient (Wildman–Crippen LogP) is 5.32. The van der Waals surface area contributed by atoms with E-state index in [9.17, 15) is 13.2 Å². The van der Waals surface area contributed by atoms with Crippen molar-refractivity contribution < 1.29 is 13.2 Å². The summed E-state index contributed by atoms with van der Waals surface area (Å²) in [5.41, 5.74) is 1.77. The maximum absolute atomic E-state index is 13.2. The zero-order chi connectivity index (χ0) is 20.9. The SMILES string of the molecule is CC(=O)N(/C=C(\Sc1ccccc1)c1ccccc1)S(=O)(=O)c1ccc(C)cc1. The Kier molecular flexibility index (Phi) is 6.56. The van der Waals surface area contributed by atoms with Crippen molar-refractivity contribution in [3.05, 3.63) is 102 Å². The summed E-state index contributed by atoms with van der Waals surface area (Å²) in [6.45, 7) is 3.13. The second kappa shape index (κ2) is 9.11. The number of thioether (sulfide) groups is 1. The molecule has 0 aliphatic rings. The highest BCUT2D eigenvalue weighted by Crippen LogP contribution is 2.35.